The summed E-state index contributed by atoms with van der Waals surface area (Å²) >= 11 is 0.600. The molecule has 39 nitrogen and oxygen atoms in total. The van der Waals surface area contributed by atoms with Gasteiger partial charge in [0, 0.05) is 102 Å². The maximum absolute atomic E-state index is 15.7. The Hall–Kier alpha value is -13.6. The van der Waals surface area contributed by atoms with Crippen molar-refractivity contribution in [2.75, 3.05) is 72.0 Å². The molecular weight excluding hydrogens is 1800 g/mol. The predicted octanol–water partition coefficient (Wildman–Crippen LogP) is -0.235. The predicted molar refractivity (Wildman–Crippen MR) is 483 cm³/mol. The number of carbonyl (C=O) groups excluding carboxylic acids is 15. The number of fused-ring (bicyclic) bond motifs is 3. The van der Waals surface area contributed by atoms with Gasteiger partial charge in [0.2, 0.25) is 88.6 Å². The van der Waals surface area contributed by atoms with Crippen molar-refractivity contribution in [2.45, 2.75) is 195 Å². The number of aliphatic hydroxyl groups is 1. The van der Waals surface area contributed by atoms with Gasteiger partial charge < -0.3 is 114 Å². The lowest BCUT2D eigenvalue weighted by molar-refractivity contribution is -0.152. The Bertz CT molecular complexity index is 5290. The quantitative estimate of drug-likeness (QED) is 0.0260. The highest BCUT2D eigenvalue weighted by molar-refractivity contribution is 8.00. The van der Waals surface area contributed by atoms with Crippen LogP contribution >= 0.6 is 11.8 Å². The van der Waals surface area contributed by atoms with E-state index in [1.54, 1.807) is 67.7 Å². The van der Waals surface area contributed by atoms with Gasteiger partial charge in [-0.2, -0.15) is 0 Å². The summed E-state index contributed by atoms with van der Waals surface area (Å²) in [6, 6.07) is 2.85. The van der Waals surface area contributed by atoms with Crippen molar-refractivity contribution in [2.24, 2.45) is 17.4 Å². The molecule has 136 heavy (non-hydrogen) atoms. The summed E-state index contributed by atoms with van der Waals surface area (Å²) in [5, 5.41) is 65.6. The van der Waals surface area contributed by atoms with Crippen LogP contribution in [0.15, 0.2) is 121 Å². The molecule has 3 aliphatic rings. The van der Waals surface area contributed by atoms with Crippen LogP contribution in [0.5, 0.6) is 5.75 Å². The van der Waals surface area contributed by atoms with Gasteiger partial charge in [0.25, 0.3) is 0 Å². The van der Waals surface area contributed by atoms with Crippen molar-refractivity contribution in [3.63, 3.8) is 0 Å². The molecule has 9 rings (SSSR count). The number of aliphatic hydroxyl groups excluding tert-OH is 1. The highest BCUT2D eigenvalue weighted by Gasteiger charge is 2.48. The van der Waals surface area contributed by atoms with Crippen LogP contribution in [0.4, 0.5) is 17.6 Å². The first-order valence-electron chi connectivity index (χ1n) is 44.3. The molecule has 44 heteroatoms. The van der Waals surface area contributed by atoms with Gasteiger partial charge in [-0.25, -0.2) is 17.6 Å². The van der Waals surface area contributed by atoms with Gasteiger partial charge in [0.05, 0.1) is 38.0 Å². The van der Waals surface area contributed by atoms with E-state index in [2.05, 4.69) is 52.8 Å². The molecule has 14 atom stereocenters. The molecule has 6 aromatic rings. The fourth-order valence-electron chi connectivity index (χ4n) is 16.1. The number of aromatic amines is 1. The average molecular weight is 1920 g/mol. The van der Waals surface area contributed by atoms with Crippen LogP contribution in [0, 0.1) is 29.2 Å². The molecule has 0 radical (unpaired) electrons. The van der Waals surface area contributed by atoms with Crippen LogP contribution in [0.25, 0.3) is 10.9 Å². The minimum Gasteiger partial charge on any atom is -0.508 e. The zero-order chi connectivity index (χ0) is 99.5. The Kier molecular flexibility index (Phi) is 39.1. The molecule has 3 aliphatic heterocycles. The molecular formula is C92H115F4N17O22S. The number of ether oxygens (including phenoxy) is 1. The van der Waals surface area contributed by atoms with Crippen molar-refractivity contribution in [1.82, 2.24) is 77.3 Å². The third kappa shape index (κ3) is 29.4. The van der Waals surface area contributed by atoms with E-state index < -0.39 is 303 Å². The number of likely N-dealkylation sites (N-methyl/N-ethyl adjacent to an activating group) is 3. The number of carboxylic acids is 2. The number of primary amides is 1. The zero-order valence-electron chi connectivity index (χ0n) is 75.7. The number of unbranched alkanes of at least 4 members (excludes halogenated alkanes) is 1. The normalized spacial score (nSPS) is 23.9. The number of nitrogens with two attached hydrogens (primary N) is 2. The van der Waals surface area contributed by atoms with Gasteiger partial charge in [-0.15, -0.1) is 11.8 Å². The molecule has 0 bridgehead atoms. The second-order valence-corrected chi connectivity index (χ2v) is 35.0. The van der Waals surface area contributed by atoms with Gasteiger partial charge in [0.15, 0.2) is 17.5 Å². The van der Waals surface area contributed by atoms with E-state index in [-0.39, 0.29) is 63.0 Å². The summed E-state index contributed by atoms with van der Waals surface area (Å²) in [5.41, 5.74) is 12.9. The largest absolute Gasteiger partial charge is 0.508 e. The van der Waals surface area contributed by atoms with Crippen LogP contribution in [0.3, 0.4) is 0 Å². The minimum atomic E-state index is -2.09. The number of benzene rings is 5. The molecule has 734 valence electrons. The molecule has 3 saturated heterocycles. The number of hydrogen-bond acceptors (Lipinski definition) is 22. The number of H-pyrrole nitrogens is 1. The summed E-state index contributed by atoms with van der Waals surface area (Å²) < 4.78 is 65.6. The fraction of sp³-hybridized carbons (Fsp3) is 0.467. The molecule has 18 N–H and O–H groups in total. The van der Waals surface area contributed by atoms with Crippen LogP contribution in [-0.4, -0.2) is 307 Å². The number of aromatic nitrogens is 1. The molecule has 0 aliphatic carbocycles. The Morgan fingerprint density at radius 1 is 0.551 bits per heavy atom. The van der Waals surface area contributed by atoms with Crippen molar-refractivity contribution in [3.8, 4) is 5.75 Å². The van der Waals surface area contributed by atoms with Crippen molar-refractivity contribution in [3.05, 3.63) is 173 Å². The van der Waals surface area contributed by atoms with Crippen molar-refractivity contribution in [1.29, 1.82) is 0 Å². The SMILES string of the molecule is CCCC[C@H]1C(=O)N2C[C@H](O)C[C@@H]2C(=O)N[C@@H](CC(=O)O)C(=O)N[C@H](C(C)C)C(=O)N(C)[C@@H](Cc2ccccc2)C(=O)N[C@@H](CCC(=O)O)C(=O)N2CCOC[C@@H]2C(=O)N[C@H](Cc2c[nH]c3ccccc23)C(=O)N[C@@H](Cc2ccc(O)cc2)C(=O)N[C@@H](CCCN)C(=O)N[C@H](C(=O)NCC(N)=O)CSCC(=O)N[C@@H](Cc2cc(F)c(F)c(F)c2)C(=O)N(C)[C@@H](Cc2ccc(F)cc2)C(=O)N1C. The highest BCUT2D eigenvalue weighted by atomic mass is 32.2. The Morgan fingerprint density at radius 3 is 1.76 bits per heavy atom. The van der Waals surface area contributed by atoms with Crippen LogP contribution < -0.4 is 59.3 Å². The van der Waals surface area contributed by atoms with Gasteiger partial charge in [0.1, 0.15) is 90.1 Å². The molecule has 1 aromatic heterocycles. The number of carboxylic acid groups (broad SMARTS) is 2. The number of morpholine rings is 1. The third-order valence-corrected chi connectivity index (χ3v) is 24.7. The molecule has 3 fully saturated rings. The number of aromatic hydroxyl groups is 1. The third-order valence-electron chi connectivity index (χ3n) is 23.6. The number of hydrogen-bond donors (Lipinski definition) is 16. The zero-order valence-corrected chi connectivity index (χ0v) is 76.5. The molecule has 15 amide bonds. The summed E-state index contributed by atoms with van der Waals surface area (Å²) in [5.74, 6) is -28.3. The number of amides is 15. The standard InChI is InChI=1S/C92H115F4N17O22S/c1-7-8-20-69-91(133)113-45-57(115)41-71(113)86(128)106-66(42-77(120)121)84(126)108-79(49(2)3)92(134)110(5)70(38-50-15-10-9-11-16-50)85(127)103-63(29-30-76(118)119)89(131)112-32-33-135-46-73(112)87(129)105-65(40-54-43-99-61-18-13-12-17-58(54)61)83(125)104-64(36-51-23-27-56(114)28-24-51)82(124)102-62(19-14-31-97)81(123)107-68(80(122)100-44-74(98)116)47-136-48-75(117)101-67(37-53-34-59(94)78(96)60(95)35-53)88(130)111(6)72(90(132)109(69)4)39-52-21-25-55(93)26-22-52/h9-13,15-18,21-28,34-35,43,49,57,62-73,79,99,114-115H,7-8,14,19-20,29-33,36-42,44-48,97H2,1-6H3,(H2,98,116)(H,100,122)(H,101,117)(H,102,124)(H,103,127)(H,104,125)(H,105,129)(H,106,128)(H,107,123)(H,108,126)(H,118,119)(H,120,121)/t57-,62+,63+,64+,65-,66+,67+,68+,69+,70+,71-,72+,73-,79-/m1/s1. The van der Waals surface area contributed by atoms with Crippen LogP contribution in [0.2, 0.25) is 0 Å². The van der Waals surface area contributed by atoms with Gasteiger partial charge in [-0.3, -0.25) is 81.5 Å². The van der Waals surface area contributed by atoms with E-state index in [9.17, 15) is 67.6 Å². The number of halogens is 4. The Morgan fingerprint density at radius 2 is 1.12 bits per heavy atom. The second-order valence-electron chi connectivity index (χ2n) is 34.0. The van der Waals surface area contributed by atoms with Crippen molar-refractivity contribution >= 4 is 123 Å². The lowest BCUT2D eigenvalue weighted by atomic mass is 9.98. The molecule has 0 unspecified atom stereocenters. The van der Waals surface area contributed by atoms with Crippen LogP contribution in [-0.2, 0) is 118 Å². The average Bonchev–Trinajstić information content (AvgIpc) is 1.65. The number of nitrogens with one attached hydrogen (secondary N) is 10. The topological polar surface area (TPSA) is 573 Å². The number of carbonyl (C=O) groups is 17. The van der Waals surface area contributed by atoms with Crippen molar-refractivity contribution < 1.29 is 124 Å². The van der Waals surface area contributed by atoms with Gasteiger partial charge >= 0.3 is 11.9 Å². The first kappa shape index (κ1) is 106. The van der Waals surface area contributed by atoms with E-state index in [0.717, 1.165) is 50.7 Å². The monoisotopic (exact) mass is 1920 g/mol. The van der Waals surface area contributed by atoms with Gasteiger partial charge in [-0.05, 0) is 108 Å². The maximum atomic E-state index is 15.7. The van der Waals surface area contributed by atoms with E-state index in [0.29, 0.717) is 57.9 Å². The van der Waals surface area contributed by atoms with E-state index in [1.807, 2.05) is 0 Å². The van der Waals surface area contributed by atoms with Gasteiger partial charge in [-0.1, -0.05) is 106 Å². The Labute approximate surface area is 784 Å². The maximum Gasteiger partial charge on any atom is 0.305 e. The van der Waals surface area contributed by atoms with E-state index in [4.69, 9.17) is 16.2 Å². The van der Waals surface area contributed by atoms with E-state index in [1.165, 1.54) is 57.3 Å². The lowest BCUT2D eigenvalue weighted by Gasteiger charge is -2.38. The fourth-order valence-corrected chi connectivity index (χ4v) is 17.0. The number of aliphatic carboxylic acids is 2. The number of rotatable bonds is 25. The first-order chi connectivity index (χ1) is 64.6. The minimum absolute atomic E-state index is 0.0137. The number of phenols is 1. The number of phenolic OH excluding ortho intramolecular Hbond substituents is 1. The molecule has 0 spiro atoms. The number of thioether (sulfide) groups is 1. The molecule has 0 saturated carbocycles. The summed E-state index contributed by atoms with van der Waals surface area (Å²) in [7, 11) is 3.42. The second kappa shape index (κ2) is 50.1. The van der Waals surface area contributed by atoms with E-state index >= 15 is 51.9 Å². The summed E-state index contributed by atoms with van der Waals surface area (Å²) in [6.45, 7) is 1.92. The Balaban J connectivity index is 1.15. The first-order valence-corrected chi connectivity index (χ1v) is 45.4. The molecule has 4 heterocycles. The number of para-hydroxylation sites is 1. The summed E-state index contributed by atoms with van der Waals surface area (Å²) in [6.07, 6.45) is -5.60. The van der Waals surface area contributed by atoms with Crippen LogP contribution in [0.1, 0.15) is 106 Å². The summed E-state index contributed by atoms with van der Waals surface area (Å²) in [4.78, 5) is 258. The molecule has 5 aromatic carbocycles. The smallest absolute Gasteiger partial charge is 0.305 e. The highest BCUT2D eigenvalue weighted by Crippen LogP contribution is 2.28. The number of nitrogens with zero attached hydrogens (tertiary/aromatic N) is 5. The lowest BCUT2D eigenvalue weighted by Crippen LogP contribution is -2.64.